The summed E-state index contributed by atoms with van der Waals surface area (Å²) in [4.78, 5) is 0. The van der Waals surface area contributed by atoms with Gasteiger partial charge in [0.2, 0.25) is 0 Å². The highest BCUT2D eigenvalue weighted by Gasteiger charge is 2.36. The Kier molecular flexibility index (Phi) is 2.12. The van der Waals surface area contributed by atoms with Crippen LogP contribution in [0, 0.1) is 11.8 Å². The van der Waals surface area contributed by atoms with Crippen LogP contribution in [-0.4, -0.2) is 12.6 Å². The van der Waals surface area contributed by atoms with Gasteiger partial charge in [-0.2, -0.15) is 0 Å². The van der Waals surface area contributed by atoms with E-state index in [0.29, 0.717) is 0 Å². The smallest absolute Gasteiger partial charge is 0.00695 e. The monoisotopic (exact) mass is 127 g/mol. The normalized spacial score (nSPS) is 36.3. The zero-order chi connectivity index (χ0) is 6.85. The Balaban J connectivity index is 2.11. The van der Waals surface area contributed by atoms with E-state index in [1.54, 1.807) is 0 Å². The van der Waals surface area contributed by atoms with Crippen LogP contribution in [0.5, 0.6) is 0 Å². The number of hydrogen-bond acceptors (Lipinski definition) is 1. The van der Waals surface area contributed by atoms with Gasteiger partial charge in [0, 0.05) is 6.04 Å². The molecule has 0 saturated heterocycles. The van der Waals surface area contributed by atoms with E-state index in [1.807, 2.05) is 0 Å². The third-order valence-electron chi connectivity index (χ3n) is 2.34. The van der Waals surface area contributed by atoms with Crippen LogP contribution in [0.4, 0.5) is 0 Å². The van der Waals surface area contributed by atoms with Crippen LogP contribution in [0.25, 0.3) is 0 Å². The summed E-state index contributed by atoms with van der Waals surface area (Å²) < 4.78 is 0. The highest BCUT2D eigenvalue weighted by atomic mass is 14.9. The molecule has 1 rings (SSSR count). The summed E-state index contributed by atoms with van der Waals surface area (Å²) in [5.74, 6) is 1.96. The van der Waals surface area contributed by atoms with Crippen LogP contribution in [-0.2, 0) is 0 Å². The summed E-state index contributed by atoms with van der Waals surface area (Å²) in [6.07, 6.45) is 1.44. The lowest BCUT2D eigenvalue weighted by Gasteiger charge is -2.09. The van der Waals surface area contributed by atoms with Gasteiger partial charge in [0.15, 0.2) is 0 Å². The fourth-order valence-electron chi connectivity index (χ4n) is 1.52. The predicted molar refractivity (Wildman–Crippen MR) is 40.4 cm³/mol. The second kappa shape index (κ2) is 2.70. The molecule has 0 heterocycles. The van der Waals surface area contributed by atoms with Gasteiger partial charge >= 0.3 is 0 Å². The molecule has 0 spiro atoms. The molecule has 0 bridgehead atoms. The zero-order valence-electron chi connectivity index (χ0n) is 6.65. The van der Waals surface area contributed by atoms with Crippen LogP contribution >= 0.6 is 0 Å². The summed E-state index contributed by atoms with van der Waals surface area (Å²) in [6.45, 7) is 7.91. The number of nitrogens with one attached hydrogen (secondary N) is 1. The third-order valence-corrected chi connectivity index (χ3v) is 2.34. The molecule has 1 N–H and O–H groups in total. The Morgan fingerprint density at radius 1 is 1.67 bits per heavy atom. The molecule has 0 amide bonds. The van der Waals surface area contributed by atoms with Gasteiger partial charge in [-0.3, -0.25) is 0 Å². The maximum Gasteiger partial charge on any atom is 0.00695 e. The van der Waals surface area contributed by atoms with Gasteiger partial charge in [0.1, 0.15) is 0 Å². The van der Waals surface area contributed by atoms with Crippen LogP contribution < -0.4 is 5.32 Å². The van der Waals surface area contributed by atoms with Crippen molar-refractivity contribution in [2.24, 2.45) is 11.8 Å². The molecule has 1 saturated carbocycles. The van der Waals surface area contributed by atoms with Crippen molar-refractivity contribution in [2.45, 2.75) is 33.2 Å². The second-order valence-corrected chi connectivity index (χ2v) is 3.22. The van der Waals surface area contributed by atoms with E-state index in [4.69, 9.17) is 0 Å². The quantitative estimate of drug-likeness (QED) is 0.607. The van der Waals surface area contributed by atoms with Gasteiger partial charge in [0.25, 0.3) is 0 Å². The van der Waals surface area contributed by atoms with E-state index in [9.17, 15) is 0 Å². The number of rotatable bonds is 3. The SMILES string of the molecule is CCNC(C)C1CC1C. The molecule has 0 aromatic carbocycles. The van der Waals surface area contributed by atoms with Crippen molar-refractivity contribution < 1.29 is 0 Å². The van der Waals surface area contributed by atoms with E-state index < -0.39 is 0 Å². The van der Waals surface area contributed by atoms with Crippen molar-refractivity contribution in [3.05, 3.63) is 0 Å². The summed E-state index contributed by atoms with van der Waals surface area (Å²) in [5.41, 5.74) is 0. The van der Waals surface area contributed by atoms with Gasteiger partial charge in [-0.05, 0) is 31.7 Å². The van der Waals surface area contributed by atoms with Crippen molar-refractivity contribution in [3.63, 3.8) is 0 Å². The Morgan fingerprint density at radius 2 is 2.22 bits per heavy atom. The van der Waals surface area contributed by atoms with Gasteiger partial charge < -0.3 is 5.32 Å². The van der Waals surface area contributed by atoms with Crippen molar-refractivity contribution in [1.29, 1.82) is 0 Å². The van der Waals surface area contributed by atoms with E-state index in [1.165, 1.54) is 6.42 Å². The minimum atomic E-state index is 0.755. The first-order chi connectivity index (χ1) is 4.25. The maximum absolute atomic E-state index is 3.44. The molecule has 1 aliphatic carbocycles. The Hall–Kier alpha value is -0.0400. The first-order valence-corrected chi connectivity index (χ1v) is 3.99. The molecule has 3 atom stereocenters. The highest BCUT2D eigenvalue weighted by Crippen LogP contribution is 2.40. The summed E-state index contributed by atoms with van der Waals surface area (Å²) in [6, 6.07) is 0.755. The topological polar surface area (TPSA) is 12.0 Å². The van der Waals surface area contributed by atoms with Crippen LogP contribution in [0.15, 0.2) is 0 Å². The predicted octanol–water partition coefficient (Wildman–Crippen LogP) is 1.64. The Labute approximate surface area is 57.8 Å². The molecular weight excluding hydrogens is 110 g/mol. The van der Waals surface area contributed by atoms with Crippen molar-refractivity contribution in [3.8, 4) is 0 Å². The molecule has 1 nitrogen and oxygen atoms in total. The molecule has 0 aromatic rings. The molecular formula is C8H17N. The summed E-state index contributed by atoms with van der Waals surface area (Å²) >= 11 is 0. The molecule has 1 aliphatic rings. The van der Waals surface area contributed by atoms with E-state index in [0.717, 1.165) is 24.4 Å². The van der Waals surface area contributed by atoms with Crippen LogP contribution in [0.3, 0.4) is 0 Å². The Morgan fingerprint density at radius 3 is 2.56 bits per heavy atom. The largest absolute Gasteiger partial charge is 0.314 e. The molecule has 0 aromatic heterocycles. The second-order valence-electron chi connectivity index (χ2n) is 3.22. The lowest BCUT2D eigenvalue weighted by molar-refractivity contribution is 0.491. The van der Waals surface area contributed by atoms with Crippen molar-refractivity contribution in [1.82, 2.24) is 5.32 Å². The van der Waals surface area contributed by atoms with Gasteiger partial charge in [0.05, 0.1) is 0 Å². The summed E-state index contributed by atoms with van der Waals surface area (Å²) in [5, 5.41) is 3.44. The molecule has 0 aliphatic heterocycles. The maximum atomic E-state index is 3.44. The van der Waals surface area contributed by atoms with E-state index in [2.05, 4.69) is 26.1 Å². The molecule has 54 valence electrons. The van der Waals surface area contributed by atoms with Crippen LogP contribution in [0.2, 0.25) is 0 Å². The average molecular weight is 127 g/mol. The minimum Gasteiger partial charge on any atom is -0.314 e. The van der Waals surface area contributed by atoms with Crippen molar-refractivity contribution >= 4 is 0 Å². The first kappa shape index (κ1) is 7.07. The van der Waals surface area contributed by atoms with Crippen LogP contribution in [0.1, 0.15) is 27.2 Å². The van der Waals surface area contributed by atoms with Crippen molar-refractivity contribution in [2.75, 3.05) is 6.54 Å². The van der Waals surface area contributed by atoms with Gasteiger partial charge in [-0.1, -0.05) is 13.8 Å². The molecule has 9 heavy (non-hydrogen) atoms. The fourth-order valence-corrected chi connectivity index (χ4v) is 1.52. The van der Waals surface area contributed by atoms with Gasteiger partial charge in [-0.25, -0.2) is 0 Å². The standard InChI is InChI=1S/C8H17N/c1-4-9-7(3)8-5-6(8)2/h6-9H,4-5H2,1-3H3. The first-order valence-electron chi connectivity index (χ1n) is 3.99. The summed E-state index contributed by atoms with van der Waals surface area (Å²) in [7, 11) is 0. The van der Waals surface area contributed by atoms with E-state index in [-0.39, 0.29) is 0 Å². The third kappa shape index (κ3) is 1.68. The Bertz CT molecular complexity index is 90.6. The molecule has 0 radical (unpaired) electrons. The van der Waals surface area contributed by atoms with E-state index >= 15 is 0 Å². The lowest BCUT2D eigenvalue weighted by atomic mass is 10.2. The number of hydrogen-bond donors (Lipinski definition) is 1. The molecule has 1 fully saturated rings. The molecule has 1 heteroatoms. The molecule has 3 unspecified atom stereocenters. The average Bonchev–Trinajstić information content (AvgIpc) is 2.47. The highest BCUT2D eigenvalue weighted by molar-refractivity contribution is 4.89. The minimum absolute atomic E-state index is 0.755. The zero-order valence-corrected chi connectivity index (χ0v) is 6.65. The van der Waals surface area contributed by atoms with Gasteiger partial charge in [-0.15, -0.1) is 0 Å². The fraction of sp³-hybridized carbons (Fsp3) is 1.00. The lowest BCUT2D eigenvalue weighted by Crippen LogP contribution is -2.27.